The number of rotatable bonds is 1. The average molecular weight is 221 g/mol. The summed E-state index contributed by atoms with van der Waals surface area (Å²) >= 11 is 0. The molecule has 90 valence electrons. The van der Waals surface area contributed by atoms with E-state index in [2.05, 4.69) is 44.7 Å². The van der Waals surface area contributed by atoms with Gasteiger partial charge in [0.25, 0.3) is 0 Å². The van der Waals surface area contributed by atoms with E-state index < -0.39 is 0 Å². The van der Waals surface area contributed by atoms with Crippen LogP contribution in [0.15, 0.2) is 0 Å². The molecule has 1 fully saturated rings. The Hall–Kier alpha value is -0.830. The monoisotopic (exact) mass is 221 g/mol. The van der Waals surface area contributed by atoms with Gasteiger partial charge in [-0.15, -0.1) is 0 Å². The third-order valence-corrected chi connectivity index (χ3v) is 3.44. The third-order valence-electron chi connectivity index (χ3n) is 3.44. The standard InChI is InChI=1S/C13H23N3/c1-9-11(10-7-6-8-14-10)16(5)15-12(9)13(2,3)4/h10,14H,6-8H2,1-5H3. The van der Waals surface area contributed by atoms with Crippen molar-refractivity contribution < 1.29 is 0 Å². The van der Waals surface area contributed by atoms with Crippen molar-refractivity contribution in [2.45, 2.75) is 52.0 Å². The molecule has 1 aliphatic heterocycles. The number of nitrogens with one attached hydrogen (secondary N) is 1. The van der Waals surface area contributed by atoms with Crippen LogP contribution in [0, 0.1) is 6.92 Å². The molecule has 2 heterocycles. The van der Waals surface area contributed by atoms with Gasteiger partial charge in [-0.2, -0.15) is 5.10 Å². The first-order valence-electron chi connectivity index (χ1n) is 6.18. The first-order valence-corrected chi connectivity index (χ1v) is 6.18. The second-order valence-corrected chi connectivity index (χ2v) is 5.88. The van der Waals surface area contributed by atoms with Crippen molar-refractivity contribution in [2.24, 2.45) is 7.05 Å². The molecule has 0 amide bonds. The van der Waals surface area contributed by atoms with Gasteiger partial charge >= 0.3 is 0 Å². The van der Waals surface area contributed by atoms with Crippen LogP contribution < -0.4 is 5.32 Å². The lowest BCUT2D eigenvalue weighted by atomic mass is 9.88. The van der Waals surface area contributed by atoms with Crippen molar-refractivity contribution in [1.29, 1.82) is 0 Å². The van der Waals surface area contributed by atoms with Crippen LogP contribution in [0.2, 0.25) is 0 Å². The molecule has 16 heavy (non-hydrogen) atoms. The molecule has 0 radical (unpaired) electrons. The minimum Gasteiger partial charge on any atom is -0.309 e. The lowest BCUT2D eigenvalue weighted by Crippen LogP contribution is -2.17. The summed E-state index contributed by atoms with van der Waals surface area (Å²) in [4.78, 5) is 0. The molecule has 1 N–H and O–H groups in total. The zero-order chi connectivity index (χ0) is 11.9. The van der Waals surface area contributed by atoms with E-state index in [1.807, 2.05) is 0 Å². The topological polar surface area (TPSA) is 29.9 Å². The van der Waals surface area contributed by atoms with Crippen LogP contribution in [-0.4, -0.2) is 16.3 Å². The van der Waals surface area contributed by atoms with E-state index in [9.17, 15) is 0 Å². The first kappa shape index (κ1) is 11.6. The Morgan fingerprint density at radius 1 is 1.38 bits per heavy atom. The molecule has 0 spiro atoms. The molecule has 0 aliphatic carbocycles. The number of aryl methyl sites for hydroxylation is 1. The number of nitrogens with zero attached hydrogens (tertiary/aromatic N) is 2. The van der Waals surface area contributed by atoms with Crippen molar-refractivity contribution in [3.63, 3.8) is 0 Å². The van der Waals surface area contributed by atoms with E-state index in [1.54, 1.807) is 0 Å². The van der Waals surface area contributed by atoms with Crippen LogP contribution in [0.25, 0.3) is 0 Å². The molecule has 3 heteroatoms. The Labute approximate surface area is 98.2 Å². The number of aromatic nitrogens is 2. The van der Waals surface area contributed by atoms with E-state index in [1.165, 1.54) is 29.8 Å². The zero-order valence-electron chi connectivity index (χ0n) is 11.1. The smallest absolute Gasteiger partial charge is 0.0710 e. The summed E-state index contributed by atoms with van der Waals surface area (Å²) in [7, 11) is 2.07. The van der Waals surface area contributed by atoms with Crippen LogP contribution in [0.4, 0.5) is 0 Å². The third kappa shape index (κ3) is 1.88. The van der Waals surface area contributed by atoms with Gasteiger partial charge in [-0.1, -0.05) is 20.8 Å². The minimum atomic E-state index is 0.138. The lowest BCUT2D eigenvalue weighted by molar-refractivity contribution is 0.540. The highest BCUT2D eigenvalue weighted by atomic mass is 15.3. The predicted octanol–water partition coefficient (Wildman–Crippen LogP) is 2.45. The van der Waals surface area contributed by atoms with Gasteiger partial charge in [-0.05, 0) is 31.9 Å². The molecular formula is C13H23N3. The molecule has 1 atom stereocenters. The zero-order valence-corrected chi connectivity index (χ0v) is 11.1. The highest BCUT2D eigenvalue weighted by molar-refractivity contribution is 5.32. The Bertz CT molecular complexity index is 379. The van der Waals surface area contributed by atoms with Crippen molar-refractivity contribution in [2.75, 3.05) is 6.54 Å². The Morgan fingerprint density at radius 3 is 2.50 bits per heavy atom. The molecule has 1 aromatic rings. The van der Waals surface area contributed by atoms with Gasteiger partial charge in [-0.25, -0.2) is 0 Å². The summed E-state index contributed by atoms with van der Waals surface area (Å²) in [5, 5.41) is 8.26. The predicted molar refractivity (Wildman–Crippen MR) is 66.6 cm³/mol. The molecule has 2 rings (SSSR count). The number of hydrogen-bond acceptors (Lipinski definition) is 2. The highest BCUT2D eigenvalue weighted by Gasteiger charge is 2.28. The van der Waals surface area contributed by atoms with Crippen LogP contribution in [0.5, 0.6) is 0 Å². The average Bonchev–Trinajstić information content (AvgIpc) is 2.72. The van der Waals surface area contributed by atoms with E-state index in [-0.39, 0.29) is 5.41 Å². The quantitative estimate of drug-likeness (QED) is 0.789. The number of hydrogen-bond donors (Lipinski definition) is 1. The molecule has 1 aliphatic rings. The highest BCUT2D eigenvalue weighted by Crippen LogP contribution is 2.32. The van der Waals surface area contributed by atoms with Crippen LogP contribution in [0.1, 0.15) is 56.6 Å². The van der Waals surface area contributed by atoms with Crippen molar-refractivity contribution >= 4 is 0 Å². The molecule has 1 aromatic heterocycles. The van der Waals surface area contributed by atoms with Crippen molar-refractivity contribution in [3.8, 4) is 0 Å². The van der Waals surface area contributed by atoms with Crippen molar-refractivity contribution in [3.05, 3.63) is 17.0 Å². The lowest BCUT2D eigenvalue weighted by Gasteiger charge is -2.17. The fourth-order valence-electron chi connectivity index (χ4n) is 2.76. The Kier molecular flexibility index (Phi) is 2.82. The maximum Gasteiger partial charge on any atom is 0.0710 e. The molecule has 1 unspecified atom stereocenters. The SMILES string of the molecule is Cc1c(C(C)(C)C)nn(C)c1C1CCCN1. The Balaban J connectivity index is 2.42. The van der Waals surface area contributed by atoms with Crippen molar-refractivity contribution in [1.82, 2.24) is 15.1 Å². The Morgan fingerprint density at radius 2 is 2.06 bits per heavy atom. The van der Waals surface area contributed by atoms with Crippen LogP contribution in [-0.2, 0) is 12.5 Å². The summed E-state index contributed by atoms with van der Waals surface area (Å²) in [6.45, 7) is 10.0. The normalized spacial score (nSPS) is 21.7. The van der Waals surface area contributed by atoms with E-state index in [0.717, 1.165) is 6.54 Å². The summed E-state index contributed by atoms with van der Waals surface area (Å²) in [5.41, 5.74) is 4.12. The molecule has 0 saturated carbocycles. The van der Waals surface area contributed by atoms with E-state index in [4.69, 9.17) is 5.10 Å². The van der Waals surface area contributed by atoms with Gasteiger partial charge in [0.05, 0.1) is 11.4 Å². The second-order valence-electron chi connectivity index (χ2n) is 5.88. The molecule has 3 nitrogen and oxygen atoms in total. The van der Waals surface area contributed by atoms with Gasteiger partial charge in [0.1, 0.15) is 0 Å². The second kappa shape index (κ2) is 3.88. The largest absolute Gasteiger partial charge is 0.309 e. The summed E-state index contributed by atoms with van der Waals surface area (Å²) in [5.74, 6) is 0. The first-order chi connectivity index (χ1) is 7.41. The minimum absolute atomic E-state index is 0.138. The maximum absolute atomic E-state index is 4.70. The molecule has 0 aromatic carbocycles. The van der Waals surface area contributed by atoms with Gasteiger partial charge in [0.15, 0.2) is 0 Å². The summed E-state index contributed by atoms with van der Waals surface area (Å²) < 4.78 is 2.07. The van der Waals surface area contributed by atoms with E-state index in [0.29, 0.717) is 6.04 Å². The molecule has 0 bridgehead atoms. The maximum atomic E-state index is 4.70. The fraction of sp³-hybridized carbons (Fsp3) is 0.769. The summed E-state index contributed by atoms with van der Waals surface area (Å²) in [6.07, 6.45) is 2.52. The van der Waals surface area contributed by atoms with Gasteiger partial charge in [0, 0.05) is 18.5 Å². The van der Waals surface area contributed by atoms with Gasteiger partial charge in [-0.3, -0.25) is 4.68 Å². The summed E-state index contributed by atoms with van der Waals surface area (Å²) in [6, 6.07) is 0.508. The van der Waals surface area contributed by atoms with E-state index >= 15 is 0 Å². The van der Waals surface area contributed by atoms with Gasteiger partial charge < -0.3 is 5.32 Å². The fourth-order valence-corrected chi connectivity index (χ4v) is 2.76. The molecular weight excluding hydrogens is 198 g/mol. The van der Waals surface area contributed by atoms with Gasteiger partial charge in [0.2, 0.25) is 0 Å². The molecule has 1 saturated heterocycles. The van der Waals surface area contributed by atoms with Crippen LogP contribution in [0.3, 0.4) is 0 Å². The van der Waals surface area contributed by atoms with Crippen LogP contribution >= 0.6 is 0 Å².